The van der Waals surface area contributed by atoms with E-state index in [9.17, 15) is 39.6 Å². The van der Waals surface area contributed by atoms with Crippen LogP contribution >= 0.6 is 11.6 Å². The zero-order chi connectivity index (χ0) is 39.7. The van der Waals surface area contributed by atoms with Gasteiger partial charge in [-0.25, -0.2) is 13.4 Å². The van der Waals surface area contributed by atoms with Crippen molar-refractivity contribution >= 4 is 88.0 Å². The highest BCUT2D eigenvalue weighted by Gasteiger charge is 2.21. The Morgan fingerprint density at radius 3 is 2.19 bits per heavy atom. The van der Waals surface area contributed by atoms with E-state index >= 15 is 0 Å². The molecule has 6 N–H and O–H groups in total. The van der Waals surface area contributed by atoms with Gasteiger partial charge in [0.1, 0.15) is 28.2 Å². The number of rotatable bonds is 18. The quantitative estimate of drug-likeness (QED) is 0.0441. The number of halogens is 1. The summed E-state index contributed by atoms with van der Waals surface area (Å²) in [7, 11) is -11.4. The maximum Gasteiger partial charge on any atom is 0.296 e. The number of hydrogen-bond acceptors (Lipinski definition) is 18. The third-order valence-electron chi connectivity index (χ3n) is 7.02. The standard InChI is InChI=1S/C30H32ClN11O9S3/c1-4-52(43,44)14-12-34-26-22(17-32)18(2)25(27(37-26)33-11-6-13-51-3)42-41-23-16-20(9-10-24(23)54(48,49)50)36-30-39-28(31)38-29(40-30)35-19-7-5-8-21(15-19)53(45,46)47/h4-5,7-10,15-16H,1,6,11-14H2,2-3H3,(H2,33,34,37)(H,45,46,47)(H,48,49,50)(H2,35,36,38,39,40). The van der Waals surface area contributed by atoms with Crippen LogP contribution < -0.4 is 21.3 Å². The predicted molar refractivity (Wildman–Crippen MR) is 199 cm³/mol. The normalized spacial score (nSPS) is 11.9. The van der Waals surface area contributed by atoms with Crippen LogP contribution in [0, 0.1) is 18.3 Å². The molecule has 2 aromatic carbocycles. The fourth-order valence-corrected chi connectivity index (χ4v) is 6.32. The van der Waals surface area contributed by atoms with Gasteiger partial charge in [0.25, 0.3) is 20.2 Å². The molecular weight excluding hydrogens is 790 g/mol. The Bertz CT molecular complexity index is 2460. The number of aromatic nitrogens is 4. The average Bonchev–Trinajstić information content (AvgIpc) is 3.09. The highest BCUT2D eigenvalue weighted by molar-refractivity contribution is 7.94. The first kappa shape index (κ1) is 41.4. The van der Waals surface area contributed by atoms with Crippen molar-refractivity contribution in [3.8, 4) is 6.07 Å². The first-order valence-corrected chi connectivity index (χ1v) is 20.2. The van der Waals surface area contributed by atoms with E-state index in [0.29, 0.717) is 19.6 Å². The number of nitriles is 1. The third kappa shape index (κ3) is 11.3. The van der Waals surface area contributed by atoms with Crippen LogP contribution in [0.25, 0.3) is 0 Å². The molecule has 0 spiro atoms. The highest BCUT2D eigenvalue weighted by atomic mass is 35.5. The van der Waals surface area contributed by atoms with Crippen LogP contribution in [0.4, 0.5) is 46.3 Å². The molecule has 2 heterocycles. The van der Waals surface area contributed by atoms with Gasteiger partial charge in [-0.15, -0.1) is 10.2 Å². The topological polar surface area (TPSA) is 300 Å². The number of nitrogens with one attached hydrogen (secondary N) is 4. The molecule has 4 rings (SSSR count). The molecule has 0 radical (unpaired) electrons. The molecule has 0 saturated carbocycles. The summed E-state index contributed by atoms with van der Waals surface area (Å²) >= 11 is 6.09. The molecule has 2 aromatic heterocycles. The number of benzene rings is 2. The Labute approximate surface area is 315 Å². The number of pyridine rings is 1. The number of ether oxygens (including phenoxy) is 1. The van der Waals surface area contributed by atoms with Gasteiger partial charge >= 0.3 is 0 Å². The number of methoxy groups -OCH3 is 1. The molecule has 20 nitrogen and oxygen atoms in total. The number of anilines is 6. The van der Waals surface area contributed by atoms with Gasteiger partial charge < -0.3 is 26.0 Å². The van der Waals surface area contributed by atoms with Crippen LogP contribution in [-0.2, 0) is 34.8 Å². The summed E-state index contributed by atoms with van der Waals surface area (Å²) in [6.45, 7) is 5.44. The van der Waals surface area contributed by atoms with E-state index in [0.717, 1.165) is 17.5 Å². The molecule has 0 aliphatic heterocycles. The second kappa shape index (κ2) is 17.6. The Kier molecular flexibility index (Phi) is 13.5. The summed E-state index contributed by atoms with van der Waals surface area (Å²) in [6, 6.07) is 10.7. The molecule has 0 aliphatic rings. The van der Waals surface area contributed by atoms with Crippen molar-refractivity contribution in [3.63, 3.8) is 0 Å². The molecule has 0 fully saturated rings. The van der Waals surface area contributed by atoms with Crippen molar-refractivity contribution in [1.82, 2.24) is 19.9 Å². The van der Waals surface area contributed by atoms with Crippen molar-refractivity contribution in [2.45, 2.75) is 23.1 Å². The predicted octanol–water partition coefficient (Wildman–Crippen LogP) is 4.91. The van der Waals surface area contributed by atoms with Gasteiger partial charge in [-0.2, -0.15) is 37.0 Å². The number of hydrogen-bond donors (Lipinski definition) is 6. The minimum atomic E-state index is -4.85. The summed E-state index contributed by atoms with van der Waals surface area (Å²) in [5.74, 6) is -0.436. The van der Waals surface area contributed by atoms with E-state index in [4.69, 9.17) is 16.3 Å². The van der Waals surface area contributed by atoms with E-state index in [2.05, 4.69) is 58.0 Å². The lowest BCUT2D eigenvalue weighted by Crippen LogP contribution is -2.16. The van der Waals surface area contributed by atoms with Crippen molar-refractivity contribution in [1.29, 1.82) is 5.26 Å². The van der Waals surface area contributed by atoms with Gasteiger partial charge in [-0.3, -0.25) is 9.11 Å². The fourth-order valence-electron chi connectivity index (χ4n) is 4.47. The van der Waals surface area contributed by atoms with Crippen LogP contribution in [0.5, 0.6) is 0 Å². The molecule has 0 atom stereocenters. The fraction of sp³-hybridized carbons (Fsp3) is 0.233. The van der Waals surface area contributed by atoms with Gasteiger partial charge in [0, 0.05) is 49.2 Å². The maximum absolute atomic E-state index is 12.3. The van der Waals surface area contributed by atoms with Crippen molar-refractivity contribution < 1.29 is 39.1 Å². The second-order valence-electron chi connectivity index (χ2n) is 10.9. The maximum atomic E-state index is 12.3. The first-order chi connectivity index (χ1) is 25.4. The Hall–Kier alpha value is -5.35. The lowest BCUT2D eigenvalue weighted by Gasteiger charge is -2.15. The molecule has 0 bridgehead atoms. The van der Waals surface area contributed by atoms with E-state index in [-0.39, 0.29) is 79.9 Å². The molecular formula is C30H32ClN11O9S3. The summed E-state index contributed by atoms with van der Waals surface area (Å²) < 4.78 is 96.0. The SMILES string of the molecule is C=CS(=O)(=O)CCNc1nc(NCCCOC)c(N=Nc2cc(Nc3nc(Cl)nc(Nc4cccc(S(=O)(=O)O)c4)n3)ccc2S(=O)(=O)O)c(C)c1C#N. The monoisotopic (exact) mass is 821 g/mol. The lowest BCUT2D eigenvalue weighted by molar-refractivity contribution is 0.198. The second-order valence-corrected chi connectivity index (χ2v) is 16.1. The Balaban J connectivity index is 1.71. The van der Waals surface area contributed by atoms with Crippen LogP contribution in [-0.4, -0.2) is 86.9 Å². The van der Waals surface area contributed by atoms with Crippen LogP contribution in [0.3, 0.4) is 0 Å². The number of nitrogens with zero attached hydrogens (tertiary/aromatic N) is 7. The molecule has 24 heteroatoms. The molecule has 0 unspecified atom stereocenters. The van der Waals surface area contributed by atoms with Crippen molar-refractivity contribution in [3.05, 3.63) is 70.9 Å². The summed E-state index contributed by atoms with van der Waals surface area (Å²) in [5.41, 5.74) is 0.254. The van der Waals surface area contributed by atoms with Gasteiger partial charge in [-0.1, -0.05) is 12.6 Å². The van der Waals surface area contributed by atoms with Gasteiger partial charge in [0.05, 0.1) is 16.2 Å². The minimum Gasteiger partial charge on any atom is -0.385 e. The smallest absolute Gasteiger partial charge is 0.296 e. The van der Waals surface area contributed by atoms with E-state index in [1.807, 2.05) is 6.07 Å². The molecule has 4 aromatic rings. The first-order valence-electron chi connectivity index (χ1n) is 15.3. The molecule has 286 valence electrons. The van der Waals surface area contributed by atoms with Gasteiger partial charge in [0.2, 0.25) is 17.2 Å². The largest absolute Gasteiger partial charge is 0.385 e. The van der Waals surface area contributed by atoms with Gasteiger partial charge in [0.15, 0.2) is 15.7 Å². The van der Waals surface area contributed by atoms with Crippen LogP contribution in [0.1, 0.15) is 17.5 Å². The van der Waals surface area contributed by atoms with Crippen LogP contribution in [0.15, 0.2) is 74.5 Å². The van der Waals surface area contributed by atoms with E-state index < -0.39 is 35.0 Å². The lowest BCUT2D eigenvalue weighted by atomic mass is 10.1. The molecule has 54 heavy (non-hydrogen) atoms. The van der Waals surface area contributed by atoms with Crippen LogP contribution in [0.2, 0.25) is 5.28 Å². The van der Waals surface area contributed by atoms with Gasteiger partial charge in [-0.05, 0) is 61.3 Å². The zero-order valence-electron chi connectivity index (χ0n) is 28.3. The molecule has 0 amide bonds. The average molecular weight is 822 g/mol. The molecule has 0 saturated heterocycles. The third-order valence-corrected chi connectivity index (χ3v) is 10.2. The summed E-state index contributed by atoms with van der Waals surface area (Å²) in [4.78, 5) is 15.5. The number of sulfone groups is 1. The summed E-state index contributed by atoms with van der Waals surface area (Å²) in [5, 5.41) is 30.3. The van der Waals surface area contributed by atoms with Crippen molar-refractivity contribution in [2.75, 3.05) is 53.8 Å². The highest BCUT2D eigenvalue weighted by Crippen LogP contribution is 2.37. The zero-order valence-corrected chi connectivity index (χ0v) is 31.6. The molecule has 0 aliphatic carbocycles. The van der Waals surface area contributed by atoms with E-state index in [1.165, 1.54) is 44.4 Å². The minimum absolute atomic E-state index is 0.00801. The number of azo groups is 1. The van der Waals surface area contributed by atoms with E-state index in [1.54, 1.807) is 0 Å². The summed E-state index contributed by atoms with van der Waals surface area (Å²) in [6.07, 6.45) is 0.532. The van der Waals surface area contributed by atoms with Crippen molar-refractivity contribution in [2.24, 2.45) is 10.2 Å². The Morgan fingerprint density at radius 1 is 0.907 bits per heavy atom. The Morgan fingerprint density at radius 2 is 1.57 bits per heavy atom.